The largest absolute Gasteiger partial charge is 0.373 e. The molecule has 0 fully saturated rings. The van der Waals surface area contributed by atoms with Gasteiger partial charge in [-0.15, -0.1) is 0 Å². The Labute approximate surface area is 91.2 Å². The lowest BCUT2D eigenvalue weighted by Gasteiger charge is -2.09. The summed E-state index contributed by atoms with van der Waals surface area (Å²) in [5, 5.41) is 0. The van der Waals surface area contributed by atoms with Gasteiger partial charge in [0.25, 0.3) is 0 Å². The lowest BCUT2D eigenvalue weighted by molar-refractivity contribution is -0.490. The number of allylic oxidation sites excluding steroid dienone is 1. The molecule has 0 aromatic heterocycles. The minimum absolute atomic E-state index is 1.07. The SMILES string of the molecule is CN1C=C(c2ccccc2)C=[N+](C)CC1. The van der Waals surface area contributed by atoms with Crippen molar-refractivity contribution in [3.8, 4) is 0 Å². The normalized spacial score (nSPS) is 16.8. The number of nitrogens with zero attached hydrogens (tertiary/aromatic N) is 2. The highest BCUT2D eigenvalue weighted by molar-refractivity contribution is 6.07. The zero-order valence-electron chi connectivity index (χ0n) is 9.35. The molecule has 0 unspecified atom stereocenters. The second-order valence-electron chi connectivity index (χ2n) is 4.04. The van der Waals surface area contributed by atoms with Crippen molar-refractivity contribution < 1.29 is 4.58 Å². The Morgan fingerprint density at radius 3 is 2.67 bits per heavy atom. The van der Waals surface area contributed by atoms with Gasteiger partial charge in [-0.25, -0.2) is 4.58 Å². The molecule has 0 aliphatic carbocycles. The fourth-order valence-corrected chi connectivity index (χ4v) is 1.73. The van der Waals surface area contributed by atoms with E-state index in [9.17, 15) is 0 Å². The standard InChI is InChI=1S/C13H17N2/c1-14-8-9-15(2)11-13(10-14)12-6-4-3-5-7-12/h3-7,10-11H,8-9H2,1-2H3/q+1. The van der Waals surface area contributed by atoms with Crippen LogP contribution in [0.3, 0.4) is 0 Å². The van der Waals surface area contributed by atoms with Crippen molar-refractivity contribution in [2.24, 2.45) is 0 Å². The Morgan fingerprint density at radius 2 is 1.93 bits per heavy atom. The van der Waals surface area contributed by atoms with E-state index in [4.69, 9.17) is 0 Å². The molecule has 0 radical (unpaired) electrons. The quantitative estimate of drug-likeness (QED) is 0.627. The van der Waals surface area contributed by atoms with Gasteiger partial charge in [0.05, 0.1) is 12.1 Å². The number of benzene rings is 1. The van der Waals surface area contributed by atoms with Crippen molar-refractivity contribution in [3.63, 3.8) is 0 Å². The predicted octanol–water partition coefficient (Wildman–Crippen LogP) is 1.69. The minimum atomic E-state index is 1.07. The first-order valence-corrected chi connectivity index (χ1v) is 5.28. The zero-order valence-corrected chi connectivity index (χ0v) is 9.35. The summed E-state index contributed by atoms with van der Waals surface area (Å²) in [6.07, 6.45) is 4.41. The molecule has 0 spiro atoms. The van der Waals surface area contributed by atoms with Gasteiger partial charge in [-0.2, -0.15) is 0 Å². The van der Waals surface area contributed by atoms with E-state index in [1.54, 1.807) is 0 Å². The molecule has 0 saturated heterocycles. The van der Waals surface area contributed by atoms with Crippen LogP contribution in [-0.2, 0) is 0 Å². The number of likely N-dealkylation sites (N-methyl/N-ethyl adjacent to an activating group) is 2. The Morgan fingerprint density at radius 1 is 1.20 bits per heavy atom. The first-order valence-electron chi connectivity index (χ1n) is 5.28. The second-order valence-corrected chi connectivity index (χ2v) is 4.04. The molecule has 0 saturated carbocycles. The van der Waals surface area contributed by atoms with Crippen LogP contribution in [0.2, 0.25) is 0 Å². The number of hydrogen-bond acceptors (Lipinski definition) is 1. The highest BCUT2D eigenvalue weighted by Gasteiger charge is 2.10. The van der Waals surface area contributed by atoms with Gasteiger partial charge in [-0.1, -0.05) is 30.3 Å². The van der Waals surface area contributed by atoms with E-state index >= 15 is 0 Å². The highest BCUT2D eigenvalue weighted by atomic mass is 15.1. The molecule has 1 aromatic carbocycles. The summed E-state index contributed by atoms with van der Waals surface area (Å²) in [5.74, 6) is 0. The molecule has 2 heteroatoms. The van der Waals surface area contributed by atoms with Crippen molar-refractivity contribution in [2.75, 3.05) is 27.2 Å². The maximum atomic E-state index is 2.24. The molecule has 0 atom stereocenters. The lowest BCUT2D eigenvalue weighted by Crippen LogP contribution is -2.19. The van der Waals surface area contributed by atoms with E-state index < -0.39 is 0 Å². The Hall–Kier alpha value is -1.57. The molecule has 1 heterocycles. The Bertz CT molecular complexity index is 390. The van der Waals surface area contributed by atoms with Gasteiger partial charge in [0.15, 0.2) is 12.8 Å². The molecule has 15 heavy (non-hydrogen) atoms. The van der Waals surface area contributed by atoms with E-state index in [2.05, 4.69) is 60.3 Å². The predicted molar refractivity (Wildman–Crippen MR) is 64.2 cm³/mol. The monoisotopic (exact) mass is 201 g/mol. The minimum Gasteiger partial charge on any atom is -0.373 e. The molecule has 2 nitrogen and oxygen atoms in total. The number of rotatable bonds is 1. The van der Waals surface area contributed by atoms with E-state index in [0.717, 1.165) is 13.1 Å². The molecule has 2 rings (SSSR count). The van der Waals surface area contributed by atoms with Gasteiger partial charge in [-0.3, -0.25) is 0 Å². The smallest absolute Gasteiger partial charge is 0.172 e. The molecular formula is C13H17N2+. The highest BCUT2D eigenvalue weighted by Crippen LogP contribution is 2.13. The summed E-state index contributed by atoms with van der Waals surface area (Å²) >= 11 is 0. The van der Waals surface area contributed by atoms with E-state index in [-0.39, 0.29) is 0 Å². The molecule has 0 N–H and O–H groups in total. The summed E-state index contributed by atoms with van der Waals surface area (Å²) in [6, 6.07) is 10.5. The van der Waals surface area contributed by atoms with Crippen LogP contribution in [0.1, 0.15) is 5.56 Å². The van der Waals surface area contributed by atoms with Crippen molar-refractivity contribution in [1.82, 2.24) is 4.90 Å². The first kappa shape index (κ1) is 9.97. The topological polar surface area (TPSA) is 6.25 Å². The van der Waals surface area contributed by atoms with Crippen molar-refractivity contribution >= 4 is 11.8 Å². The molecule has 1 aromatic rings. The second kappa shape index (κ2) is 4.30. The Kier molecular flexibility index (Phi) is 2.86. The van der Waals surface area contributed by atoms with Crippen LogP contribution in [0.4, 0.5) is 0 Å². The van der Waals surface area contributed by atoms with Gasteiger partial charge >= 0.3 is 0 Å². The van der Waals surface area contributed by atoms with Gasteiger partial charge in [-0.05, 0) is 5.56 Å². The molecule has 0 amide bonds. The van der Waals surface area contributed by atoms with Crippen LogP contribution in [0, 0.1) is 0 Å². The number of hydrogen-bond donors (Lipinski definition) is 0. The van der Waals surface area contributed by atoms with Crippen LogP contribution in [0.5, 0.6) is 0 Å². The van der Waals surface area contributed by atoms with Crippen LogP contribution in [0.25, 0.3) is 5.57 Å². The van der Waals surface area contributed by atoms with Gasteiger partial charge in [0.1, 0.15) is 7.05 Å². The Balaban J connectivity index is 2.37. The molecule has 1 aliphatic heterocycles. The maximum absolute atomic E-state index is 2.24. The zero-order chi connectivity index (χ0) is 10.7. The van der Waals surface area contributed by atoms with Crippen LogP contribution in [0.15, 0.2) is 36.5 Å². The van der Waals surface area contributed by atoms with Gasteiger partial charge < -0.3 is 4.90 Å². The summed E-state index contributed by atoms with van der Waals surface area (Å²) in [7, 11) is 4.24. The van der Waals surface area contributed by atoms with Gasteiger partial charge in [0, 0.05) is 13.2 Å². The van der Waals surface area contributed by atoms with Crippen molar-refractivity contribution in [3.05, 3.63) is 42.1 Å². The van der Waals surface area contributed by atoms with E-state index in [0.29, 0.717) is 0 Å². The average Bonchev–Trinajstić information content (AvgIpc) is 2.42. The van der Waals surface area contributed by atoms with Crippen LogP contribution < -0.4 is 0 Å². The molecule has 1 aliphatic rings. The van der Waals surface area contributed by atoms with Crippen molar-refractivity contribution in [1.29, 1.82) is 0 Å². The third-order valence-electron chi connectivity index (χ3n) is 2.63. The van der Waals surface area contributed by atoms with E-state index in [1.807, 2.05) is 6.07 Å². The molecular weight excluding hydrogens is 184 g/mol. The van der Waals surface area contributed by atoms with E-state index in [1.165, 1.54) is 11.1 Å². The lowest BCUT2D eigenvalue weighted by atomic mass is 10.1. The summed E-state index contributed by atoms with van der Waals surface area (Å²) in [4.78, 5) is 2.24. The molecule has 78 valence electrons. The van der Waals surface area contributed by atoms with Crippen molar-refractivity contribution in [2.45, 2.75) is 0 Å². The summed E-state index contributed by atoms with van der Waals surface area (Å²) in [5.41, 5.74) is 2.55. The van der Waals surface area contributed by atoms with Crippen LogP contribution in [-0.4, -0.2) is 42.9 Å². The third kappa shape index (κ3) is 2.46. The average molecular weight is 201 g/mol. The third-order valence-corrected chi connectivity index (χ3v) is 2.63. The summed E-state index contributed by atoms with van der Waals surface area (Å²) < 4.78 is 2.24. The fourth-order valence-electron chi connectivity index (χ4n) is 1.73. The molecule has 0 bridgehead atoms. The first-order chi connectivity index (χ1) is 7.25. The summed E-state index contributed by atoms with van der Waals surface area (Å²) in [6.45, 7) is 2.15. The van der Waals surface area contributed by atoms with Gasteiger partial charge in [0.2, 0.25) is 0 Å². The van der Waals surface area contributed by atoms with Crippen LogP contribution >= 0.6 is 0 Å². The fraction of sp³-hybridized carbons (Fsp3) is 0.308. The maximum Gasteiger partial charge on any atom is 0.172 e.